The molecule has 0 spiro atoms. The summed E-state index contributed by atoms with van der Waals surface area (Å²) in [5.74, 6) is 0.494. The monoisotopic (exact) mass is 281 g/mol. The average Bonchev–Trinajstić information content (AvgIpc) is 2.83. The third-order valence-electron chi connectivity index (χ3n) is 3.26. The van der Waals surface area contributed by atoms with Crippen LogP contribution in [0.15, 0.2) is 6.20 Å². The molecule has 0 aliphatic rings. The molecule has 0 fully saturated rings. The third kappa shape index (κ3) is 4.92. The van der Waals surface area contributed by atoms with Crippen molar-refractivity contribution in [2.75, 3.05) is 20.1 Å². The number of rotatable bonds is 7. The van der Waals surface area contributed by atoms with Gasteiger partial charge in [-0.1, -0.05) is 32.9 Å². The van der Waals surface area contributed by atoms with Crippen molar-refractivity contribution in [2.45, 2.75) is 40.7 Å². The smallest absolute Gasteiger partial charge is 0.275 e. The number of aromatic nitrogens is 3. The third-order valence-corrected chi connectivity index (χ3v) is 3.26. The predicted octanol–water partition coefficient (Wildman–Crippen LogP) is 1.38. The number of aryl methyl sites for hydroxylation is 1. The zero-order chi connectivity index (χ0) is 15.3. The van der Waals surface area contributed by atoms with Crippen molar-refractivity contribution in [1.29, 1.82) is 0 Å². The summed E-state index contributed by atoms with van der Waals surface area (Å²) >= 11 is 0. The lowest BCUT2D eigenvalue weighted by Gasteiger charge is -2.28. The van der Waals surface area contributed by atoms with Crippen molar-refractivity contribution in [3.8, 4) is 0 Å². The van der Waals surface area contributed by atoms with E-state index in [2.05, 4.69) is 24.2 Å². The van der Waals surface area contributed by atoms with Gasteiger partial charge in [0.1, 0.15) is 0 Å². The molecule has 0 aliphatic carbocycles. The molecule has 6 heteroatoms. The van der Waals surface area contributed by atoms with Crippen LogP contribution >= 0.6 is 0 Å². The van der Waals surface area contributed by atoms with Gasteiger partial charge in [0.05, 0.1) is 6.20 Å². The molecule has 1 aromatic rings. The van der Waals surface area contributed by atoms with E-state index in [1.54, 1.807) is 22.8 Å². The quantitative estimate of drug-likeness (QED) is 0.819. The van der Waals surface area contributed by atoms with E-state index in [0.717, 1.165) is 13.0 Å². The first-order valence-electron chi connectivity index (χ1n) is 7.11. The van der Waals surface area contributed by atoms with Gasteiger partial charge in [0.25, 0.3) is 5.91 Å². The van der Waals surface area contributed by atoms with Gasteiger partial charge in [0.2, 0.25) is 0 Å². The molecule has 114 valence electrons. The second-order valence-electron chi connectivity index (χ2n) is 6.58. The van der Waals surface area contributed by atoms with Crippen molar-refractivity contribution in [3.05, 3.63) is 11.9 Å². The second-order valence-corrected chi connectivity index (χ2v) is 6.58. The van der Waals surface area contributed by atoms with Gasteiger partial charge in [-0.25, -0.2) is 0 Å². The molecule has 0 atom stereocenters. The summed E-state index contributed by atoms with van der Waals surface area (Å²) in [7, 11) is 1.77. The Labute approximate surface area is 121 Å². The van der Waals surface area contributed by atoms with Crippen LogP contribution < -0.4 is 5.73 Å². The highest BCUT2D eigenvalue weighted by Crippen LogP contribution is 2.15. The Bertz CT molecular complexity index is 439. The minimum Gasteiger partial charge on any atom is -0.340 e. The van der Waals surface area contributed by atoms with Crippen LogP contribution in [0.25, 0.3) is 0 Å². The molecule has 0 saturated heterocycles. The van der Waals surface area contributed by atoms with E-state index in [-0.39, 0.29) is 11.3 Å². The van der Waals surface area contributed by atoms with Crippen LogP contribution in [0.2, 0.25) is 0 Å². The first-order chi connectivity index (χ1) is 9.25. The Morgan fingerprint density at radius 3 is 2.70 bits per heavy atom. The van der Waals surface area contributed by atoms with Crippen LogP contribution in [0, 0.1) is 11.3 Å². The number of hydrogen-bond acceptors (Lipinski definition) is 4. The molecule has 1 aromatic heterocycles. The molecule has 0 radical (unpaired) electrons. The summed E-state index contributed by atoms with van der Waals surface area (Å²) < 4.78 is 1.73. The SMILES string of the molecule is CC(C)CCn1cc(C(=O)N(C)CC(C)(C)CN)nn1. The molecule has 20 heavy (non-hydrogen) atoms. The fourth-order valence-corrected chi connectivity index (χ4v) is 1.87. The predicted molar refractivity (Wildman–Crippen MR) is 79.3 cm³/mol. The first-order valence-corrected chi connectivity index (χ1v) is 7.11. The maximum atomic E-state index is 12.3. The summed E-state index contributed by atoms with van der Waals surface area (Å²) in [4.78, 5) is 13.9. The maximum absolute atomic E-state index is 12.3. The highest BCUT2D eigenvalue weighted by atomic mass is 16.2. The van der Waals surface area contributed by atoms with Crippen LogP contribution in [0.1, 0.15) is 44.6 Å². The molecule has 0 bridgehead atoms. The zero-order valence-corrected chi connectivity index (χ0v) is 13.3. The molecule has 2 N–H and O–H groups in total. The molecule has 0 aliphatic heterocycles. The van der Waals surface area contributed by atoms with Gasteiger partial charge in [-0.15, -0.1) is 5.10 Å². The molecule has 1 heterocycles. The van der Waals surface area contributed by atoms with E-state index in [9.17, 15) is 4.79 Å². The molecule has 0 unspecified atom stereocenters. The van der Waals surface area contributed by atoms with Gasteiger partial charge in [-0.05, 0) is 24.3 Å². The molecular formula is C14H27N5O. The minimum atomic E-state index is -0.109. The van der Waals surface area contributed by atoms with E-state index in [4.69, 9.17) is 5.73 Å². The van der Waals surface area contributed by atoms with Crippen molar-refractivity contribution in [2.24, 2.45) is 17.1 Å². The number of nitrogens with two attached hydrogens (primary N) is 1. The van der Waals surface area contributed by atoms with Crippen LogP contribution in [0.3, 0.4) is 0 Å². The molecular weight excluding hydrogens is 254 g/mol. The highest BCUT2D eigenvalue weighted by molar-refractivity contribution is 5.91. The number of nitrogens with zero attached hydrogens (tertiary/aromatic N) is 4. The molecule has 0 saturated carbocycles. The van der Waals surface area contributed by atoms with Gasteiger partial charge in [0, 0.05) is 20.1 Å². The van der Waals surface area contributed by atoms with Crippen molar-refractivity contribution >= 4 is 5.91 Å². The lowest BCUT2D eigenvalue weighted by Crippen LogP contribution is -2.39. The summed E-state index contributed by atoms with van der Waals surface area (Å²) in [6, 6.07) is 0. The molecule has 1 rings (SSSR count). The maximum Gasteiger partial charge on any atom is 0.275 e. The Morgan fingerprint density at radius 1 is 1.50 bits per heavy atom. The van der Waals surface area contributed by atoms with Crippen molar-refractivity contribution < 1.29 is 4.79 Å². The normalized spacial score (nSPS) is 11.9. The van der Waals surface area contributed by atoms with Crippen LogP contribution in [0.5, 0.6) is 0 Å². The summed E-state index contributed by atoms with van der Waals surface area (Å²) in [6.07, 6.45) is 2.74. The van der Waals surface area contributed by atoms with Gasteiger partial charge in [0.15, 0.2) is 5.69 Å². The summed E-state index contributed by atoms with van der Waals surface area (Å²) in [6.45, 7) is 10.3. The minimum absolute atomic E-state index is 0.0992. The van der Waals surface area contributed by atoms with Gasteiger partial charge >= 0.3 is 0 Å². The number of carbonyl (C=O) groups is 1. The summed E-state index contributed by atoms with van der Waals surface area (Å²) in [5, 5.41) is 7.96. The molecule has 6 nitrogen and oxygen atoms in total. The largest absolute Gasteiger partial charge is 0.340 e. The molecule has 0 aromatic carbocycles. The van der Waals surface area contributed by atoms with E-state index in [1.165, 1.54) is 0 Å². The fourth-order valence-electron chi connectivity index (χ4n) is 1.87. The van der Waals surface area contributed by atoms with E-state index < -0.39 is 0 Å². The number of hydrogen-bond donors (Lipinski definition) is 1. The van der Waals surface area contributed by atoms with E-state index >= 15 is 0 Å². The zero-order valence-electron chi connectivity index (χ0n) is 13.3. The molecule has 1 amide bonds. The van der Waals surface area contributed by atoms with Crippen LogP contribution in [-0.4, -0.2) is 45.9 Å². The van der Waals surface area contributed by atoms with Gasteiger partial charge < -0.3 is 10.6 Å². The van der Waals surface area contributed by atoms with E-state index in [1.807, 2.05) is 13.8 Å². The first kappa shape index (κ1) is 16.6. The van der Waals surface area contributed by atoms with Gasteiger partial charge in [-0.2, -0.15) is 0 Å². The fraction of sp³-hybridized carbons (Fsp3) is 0.786. The highest BCUT2D eigenvalue weighted by Gasteiger charge is 2.23. The second kappa shape index (κ2) is 6.83. The number of amides is 1. The van der Waals surface area contributed by atoms with Gasteiger partial charge in [-0.3, -0.25) is 9.48 Å². The average molecular weight is 281 g/mol. The van der Waals surface area contributed by atoms with Crippen molar-refractivity contribution in [1.82, 2.24) is 19.9 Å². The topological polar surface area (TPSA) is 77.0 Å². The van der Waals surface area contributed by atoms with Crippen LogP contribution in [-0.2, 0) is 6.54 Å². The Kier molecular flexibility index (Phi) is 5.68. The Balaban J connectivity index is 2.63. The Hall–Kier alpha value is -1.43. The van der Waals surface area contributed by atoms with Crippen LogP contribution in [0.4, 0.5) is 0 Å². The van der Waals surface area contributed by atoms with E-state index in [0.29, 0.717) is 24.7 Å². The lowest BCUT2D eigenvalue weighted by atomic mass is 9.93. The Morgan fingerprint density at radius 2 is 2.15 bits per heavy atom. The lowest BCUT2D eigenvalue weighted by molar-refractivity contribution is 0.0734. The number of carbonyl (C=O) groups excluding carboxylic acids is 1. The summed E-state index contributed by atoms with van der Waals surface area (Å²) in [5.41, 5.74) is 5.99. The standard InChI is InChI=1S/C14H27N5O/c1-11(2)6-7-19-8-12(16-17-19)13(20)18(5)10-14(3,4)9-15/h8,11H,6-7,9-10,15H2,1-5H3. The van der Waals surface area contributed by atoms with Crippen molar-refractivity contribution in [3.63, 3.8) is 0 Å².